The molecule has 0 aliphatic rings. The summed E-state index contributed by atoms with van der Waals surface area (Å²) in [6.45, 7) is 7.29. The molecule has 11 heavy (non-hydrogen) atoms. The van der Waals surface area contributed by atoms with Gasteiger partial charge in [-0.05, 0) is 19.9 Å². The Bertz CT molecular complexity index is 134. The van der Waals surface area contributed by atoms with Crippen LogP contribution in [0.1, 0.15) is 13.8 Å². The van der Waals surface area contributed by atoms with Gasteiger partial charge in [0.05, 0.1) is 12.5 Å². The molecule has 0 heterocycles. The summed E-state index contributed by atoms with van der Waals surface area (Å²) in [4.78, 5) is 0. The van der Waals surface area contributed by atoms with Crippen LogP contribution in [-0.2, 0) is 9.47 Å². The van der Waals surface area contributed by atoms with E-state index in [1.807, 2.05) is 13.8 Å². The minimum atomic E-state index is -0.387. The number of hydrogen-bond donors (Lipinski definition) is 0. The third-order valence-corrected chi connectivity index (χ3v) is 0.890. The standard InChI is InChI=1S/C9H14O2/c1-4-7-10-9(6-3)11-8-5-2/h4-9H,3H2,1-2H3. The summed E-state index contributed by atoms with van der Waals surface area (Å²) in [5, 5.41) is 0. The molecule has 62 valence electrons. The summed E-state index contributed by atoms with van der Waals surface area (Å²) in [5.41, 5.74) is 0. The quantitative estimate of drug-likeness (QED) is 0.344. The molecular formula is C9H14O2. The van der Waals surface area contributed by atoms with Crippen LogP contribution in [0.25, 0.3) is 0 Å². The fraction of sp³-hybridized carbons (Fsp3) is 0.333. The van der Waals surface area contributed by atoms with E-state index in [2.05, 4.69) is 6.58 Å². The SMILES string of the molecule is C=CC(OC=CC)OC=CC. The molecule has 0 rings (SSSR count). The summed E-state index contributed by atoms with van der Waals surface area (Å²) < 4.78 is 10.1. The molecule has 0 saturated heterocycles. The molecule has 0 N–H and O–H groups in total. The van der Waals surface area contributed by atoms with E-state index < -0.39 is 0 Å². The number of hydrogen-bond acceptors (Lipinski definition) is 2. The van der Waals surface area contributed by atoms with Crippen LogP contribution in [0.4, 0.5) is 0 Å². The minimum Gasteiger partial charge on any atom is -0.459 e. The van der Waals surface area contributed by atoms with E-state index in [1.165, 1.54) is 0 Å². The van der Waals surface area contributed by atoms with Crippen molar-refractivity contribution in [2.24, 2.45) is 0 Å². The van der Waals surface area contributed by atoms with Gasteiger partial charge in [0.25, 0.3) is 6.29 Å². The largest absolute Gasteiger partial charge is 0.459 e. The summed E-state index contributed by atoms with van der Waals surface area (Å²) in [6.07, 6.45) is 7.90. The molecule has 0 atom stereocenters. The van der Waals surface area contributed by atoms with E-state index in [1.54, 1.807) is 30.8 Å². The lowest BCUT2D eigenvalue weighted by atomic mass is 10.6. The first-order valence-electron chi connectivity index (χ1n) is 3.51. The van der Waals surface area contributed by atoms with Crippen molar-refractivity contribution in [2.75, 3.05) is 0 Å². The molecule has 0 aromatic carbocycles. The van der Waals surface area contributed by atoms with Crippen molar-refractivity contribution in [3.8, 4) is 0 Å². The molecule has 0 aliphatic carbocycles. The maximum atomic E-state index is 5.07. The second-order valence-corrected chi connectivity index (χ2v) is 1.82. The second-order valence-electron chi connectivity index (χ2n) is 1.82. The molecule has 2 nitrogen and oxygen atoms in total. The Morgan fingerprint density at radius 1 is 1.09 bits per heavy atom. The predicted molar refractivity (Wildman–Crippen MR) is 45.8 cm³/mol. The van der Waals surface area contributed by atoms with Gasteiger partial charge in [-0.2, -0.15) is 0 Å². The Labute approximate surface area is 67.8 Å². The molecule has 0 saturated carbocycles. The normalized spacial score (nSPS) is 13.6. The number of allylic oxidation sites excluding steroid dienone is 2. The van der Waals surface area contributed by atoms with Crippen molar-refractivity contribution < 1.29 is 9.47 Å². The molecule has 0 radical (unpaired) electrons. The van der Waals surface area contributed by atoms with Crippen LogP contribution in [0.2, 0.25) is 0 Å². The first kappa shape index (κ1) is 9.82. The Morgan fingerprint density at radius 3 is 1.82 bits per heavy atom. The van der Waals surface area contributed by atoms with Gasteiger partial charge in [0.2, 0.25) is 0 Å². The van der Waals surface area contributed by atoms with E-state index in [4.69, 9.17) is 9.47 Å². The molecular weight excluding hydrogens is 140 g/mol. The van der Waals surface area contributed by atoms with Gasteiger partial charge in [-0.1, -0.05) is 18.7 Å². The van der Waals surface area contributed by atoms with Gasteiger partial charge in [0.15, 0.2) is 0 Å². The maximum Gasteiger partial charge on any atom is 0.258 e. The van der Waals surface area contributed by atoms with Crippen LogP contribution >= 0.6 is 0 Å². The van der Waals surface area contributed by atoms with E-state index in [9.17, 15) is 0 Å². The molecule has 0 aromatic rings. The van der Waals surface area contributed by atoms with Crippen LogP contribution in [0, 0.1) is 0 Å². The summed E-state index contributed by atoms with van der Waals surface area (Å²) in [5.74, 6) is 0. The fourth-order valence-corrected chi connectivity index (χ4v) is 0.455. The van der Waals surface area contributed by atoms with Gasteiger partial charge in [-0.25, -0.2) is 0 Å². The van der Waals surface area contributed by atoms with E-state index >= 15 is 0 Å². The van der Waals surface area contributed by atoms with Crippen molar-refractivity contribution >= 4 is 0 Å². The minimum absolute atomic E-state index is 0.387. The van der Waals surface area contributed by atoms with Gasteiger partial charge < -0.3 is 9.47 Å². The molecule has 0 fully saturated rings. The monoisotopic (exact) mass is 154 g/mol. The van der Waals surface area contributed by atoms with Gasteiger partial charge in [-0.3, -0.25) is 0 Å². The molecule has 0 bridgehead atoms. The van der Waals surface area contributed by atoms with Crippen LogP contribution < -0.4 is 0 Å². The van der Waals surface area contributed by atoms with Crippen LogP contribution in [0.3, 0.4) is 0 Å². The average molecular weight is 154 g/mol. The number of ether oxygens (including phenoxy) is 2. The highest BCUT2D eigenvalue weighted by atomic mass is 16.7. The van der Waals surface area contributed by atoms with Gasteiger partial charge in [0.1, 0.15) is 0 Å². The zero-order valence-electron chi connectivity index (χ0n) is 6.99. The van der Waals surface area contributed by atoms with Crippen molar-refractivity contribution in [2.45, 2.75) is 20.1 Å². The fourth-order valence-electron chi connectivity index (χ4n) is 0.455. The first-order chi connectivity index (χ1) is 5.35. The van der Waals surface area contributed by atoms with Gasteiger partial charge in [-0.15, -0.1) is 0 Å². The van der Waals surface area contributed by atoms with Crippen molar-refractivity contribution in [1.29, 1.82) is 0 Å². The highest BCUT2D eigenvalue weighted by Gasteiger charge is 1.97. The van der Waals surface area contributed by atoms with E-state index in [0.29, 0.717) is 0 Å². The third-order valence-electron chi connectivity index (χ3n) is 0.890. The van der Waals surface area contributed by atoms with Crippen molar-refractivity contribution in [3.63, 3.8) is 0 Å². The predicted octanol–water partition coefficient (Wildman–Crippen LogP) is 2.60. The summed E-state index contributed by atoms with van der Waals surface area (Å²) >= 11 is 0. The van der Waals surface area contributed by atoms with Gasteiger partial charge in [0, 0.05) is 0 Å². The van der Waals surface area contributed by atoms with Crippen LogP contribution in [-0.4, -0.2) is 6.29 Å². The molecule has 0 amide bonds. The first-order valence-corrected chi connectivity index (χ1v) is 3.51. The Hall–Kier alpha value is -1.18. The van der Waals surface area contributed by atoms with Crippen LogP contribution in [0.5, 0.6) is 0 Å². The Morgan fingerprint density at radius 2 is 1.55 bits per heavy atom. The van der Waals surface area contributed by atoms with E-state index in [-0.39, 0.29) is 6.29 Å². The Kier molecular flexibility index (Phi) is 6.19. The molecule has 0 unspecified atom stereocenters. The maximum absolute atomic E-state index is 5.07. The smallest absolute Gasteiger partial charge is 0.258 e. The highest BCUT2D eigenvalue weighted by molar-refractivity contribution is 4.79. The summed E-state index contributed by atoms with van der Waals surface area (Å²) in [6, 6.07) is 0. The average Bonchev–Trinajstić information content (AvgIpc) is 2.05. The third kappa shape index (κ3) is 5.27. The summed E-state index contributed by atoms with van der Waals surface area (Å²) in [7, 11) is 0. The van der Waals surface area contributed by atoms with Gasteiger partial charge >= 0.3 is 0 Å². The van der Waals surface area contributed by atoms with Crippen LogP contribution in [0.15, 0.2) is 37.3 Å². The zero-order chi connectivity index (χ0) is 8.53. The number of rotatable bonds is 5. The molecule has 0 aromatic heterocycles. The lowest BCUT2D eigenvalue weighted by Crippen LogP contribution is -2.06. The van der Waals surface area contributed by atoms with E-state index in [0.717, 1.165) is 0 Å². The lowest BCUT2D eigenvalue weighted by molar-refractivity contribution is -0.0230. The zero-order valence-corrected chi connectivity index (χ0v) is 6.99. The molecule has 0 spiro atoms. The molecule has 0 aliphatic heterocycles. The Balaban J connectivity index is 3.66. The van der Waals surface area contributed by atoms with Crippen molar-refractivity contribution in [1.82, 2.24) is 0 Å². The molecule has 2 heteroatoms. The second kappa shape index (κ2) is 6.93. The van der Waals surface area contributed by atoms with Crippen molar-refractivity contribution in [3.05, 3.63) is 37.3 Å². The highest BCUT2D eigenvalue weighted by Crippen LogP contribution is 1.97. The lowest BCUT2D eigenvalue weighted by Gasteiger charge is -2.10. The topological polar surface area (TPSA) is 18.5 Å².